The van der Waals surface area contributed by atoms with Gasteiger partial charge in [-0.1, -0.05) is 26.0 Å². The van der Waals surface area contributed by atoms with Gasteiger partial charge in [0.05, 0.1) is 6.54 Å². The fraction of sp³-hybridized carbons (Fsp3) is 0.667. The number of rotatable bonds is 5. The molecule has 1 aromatic rings. The molecule has 24 heavy (non-hydrogen) atoms. The topological polar surface area (TPSA) is 48.7 Å². The zero-order valence-corrected chi connectivity index (χ0v) is 15.1. The van der Waals surface area contributed by atoms with Gasteiger partial charge in [-0.05, 0) is 12.3 Å². The second kappa shape index (κ2) is 7.83. The molecule has 6 nitrogen and oxygen atoms in total. The summed E-state index contributed by atoms with van der Waals surface area (Å²) in [7, 11) is 1.87. The van der Waals surface area contributed by atoms with E-state index in [4.69, 9.17) is 0 Å². The Hall–Kier alpha value is -1.82. The van der Waals surface area contributed by atoms with Gasteiger partial charge in [0.2, 0.25) is 0 Å². The first-order valence-electron chi connectivity index (χ1n) is 9.02. The van der Waals surface area contributed by atoms with Crippen LogP contribution in [-0.4, -0.2) is 64.6 Å². The van der Waals surface area contributed by atoms with Crippen LogP contribution in [0.3, 0.4) is 0 Å². The summed E-state index contributed by atoms with van der Waals surface area (Å²) in [6, 6.07) is 0.640. The van der Waals surface area contributed by atoms with Crippen LogP contribution in [0.4, 0.5) is 0 Å². The molecule has 0 saturated carbocycles. The maximum Gasteiger partial charge on any atom is 0.194 e. The highest BCUT2D eigenvalue weighted by Crippen LogP contribution is 2.18. The van der Waals surface area contributed by atoms with Gasteiger partial charge in [-0.25, -0.2) is 4.98 Å². The van der Waals surface area contributed by atoms with Crippen LogP contribution in [0.2, 0.25) is 0 Å². The van der Waals surface area contributed by atoms with Crippen molar-refractivity contribution in [2.45, 2.75) is 39.4 Å². The second-order valence-electron chi connectivity index (χ2n) is 7.10. The summed E-state index contributed by atoms with van der Waals surface area (Å²) in [6.07, 6.45) is 9.69. The van der Waals surface area contributed by atoms with E-state index in [0.29, 0.717) is 12.0 Å². The van der Waals surface area contributed by atoms with Crippen LogP contribution in [0.1, 0.15) is 26.1 Å². The van der Waals surface area contributed by atoms with E-state index < -0.39 is 0 Å². The quantitative estimate of drug-likeness (QED) is 0.506. The molecule has 0 radical (unpaired) electrons. The number of aromatic nitrogens is 2. The van der Waals surface area contributed by atoms with Gasteiger partial charge in [0.1, 0.15) is 5.82 Å². The number of hydrogen-bond acceptors (Lipinski definition) is 3. The highest BCUT2D eigenvalue weighted by atomic mass is 15.3. The van der Waals surface area contributed by atoms with Gasteiger partial charge in [0.25, 0.3) is 0 Å². The van der Waals surface area contributed by atoms with Crippen molar-refractivity contribution in [1.82, 2.24) is 24.7 Å². The monoisotopic (exact) mass is 330 g/mol. The Morgan fingerprint density at radius 2 is 2.17 bits per heavy atom. The predicted octanol–water partition coefficient (Wildman–Crippen LogP) is 1.56. The summed E-state index contributed by atoms with van der Waals surface area (Å²) in [5, 5.41) is 3.50. The van der Waals surface area contributed by atoms with Crippen molar-refractivity contribution in [3.05, 3.63) is 30.4 Å². The van der Waals surface area contributed by atoms with E-state index in [2.05, 4.69) is 61.9 Å². The van der Waals surface area contributed by atoms with E-state index in [1.54, 1.807) is 0 Å². The largest absolute Gasteiger partial charge is 0.349 e. The molecule has 0 aliphatic carbocycles. The van der Waals surface area contributed by atoms with Crippen molar-refractivity contribution in [3.63, 3.8) is 0 Å². The van der Waals surface area contributed by atoms with Crippen LogP contribution in [-0.2, 0) is 13.1 Å². The summed E-state index contributed by atoms with van der Waals surface area (Å²) in [4.78, 5) is 13.9. The van der Waals surface area contributed by atoms with Gasteiger partial charge in [-0.15, -0.1) is 0 Å². The number of nitrogens with zero attached hydrogens (tertiary/aromatic N) is 5. The van der Waals surface area contributed by atoms with E-state index in [0.717, 1.165) is 51.1 Å². The lowest BCUT2D eigenvalue weighted by molar-refractivity contribution is 0.259. The minimum absolute atomic E-state index is 0.616. The lowest BCUT2D eigenvalue weighted by Gasteiger charge is -2.25. The van der Waals surface area contributed by atoms with Crippen molar-refractivity contribution in [2.75, 3.05) is 33.2 Å². The Morgan fingerprint density at radius 3 is 2.88 bits per heavy atom. The third-order valence-corrected chi connectivity index (χ3v) is 4.81. The van der Waals surface area contributed by atoms with Crippen molar-refractivity contribution < 1.29 is 0 Å². The van der Waals surface area contributed by atoms with Crippen molar-refractivity contribution in [3.8, 4) is 0 Å². The van der Waals surface area contributed by atoms with Crippen LogP contribution in [0.5, 0.6) is 0 Å². The predicted molar refractivity (Wildman–Crippen MR) is 98.0 cm³/mol. The maximum absolute atomic E-state index is 4.49. The lowest BCUT2D eigenvalue weighted by Crippen LogP contribution is -2.42. The molecule has 6 heteroatoms. The van der Waals surface area contributed by atoms with E-state index >= 15 is 0 Å². The zero-order chi connectivity index (χ0) is 16.9. The molecule has 2 aliphatic rings. The first-order chi connectivity index (χ1) is 11.7. The third kappa shape index (κ3) is 3.98. The van der Waals surface area contributed by atoms with Gasteiger partial charge in [-0.2, -0.15) is 0 Å². The molecule has 1 saturated heterocycles. The first-order valence-corrected chi connectivity index (χ1v) is 9.02. The Morgan fingerprint density at radius 1 is 1.38 bits per heavy atom. The summed E-state index contributed by atoms with van der Waals surface area (Å²) < 4.78 is 2.23. The highest BCUT2D eigenvalue weighted by Gasteiger charge is 2.29. The number of imidazole rings is 1. The average molecular weight is 330 g/mol. The Balaban J connectivity index is 1.53. The number of guanidine groups is 1. The van der Waals surface area contributed by atoms with Crippen LogP contribution in [0.15, 0.2) is 29.5 Å². The van der Waals surface area contributed by atoms with Gasteiger partial charge >= 0.3 is 0 Å². The molecule has 1 N–H and O–H groups in total. The van der Waals surface area contributed by atoms with Gasteiger partial charge in [-0.3, -0.25) is 9.89 Å². The minimum atomic E-state index is 0.616. The summed E-state index contributed by atoms with van der Waals surface area (Å²) >= 11 is 0. The minimum Gasteiger partial charge on any atom is -0.349 e. The normalized spacial score (nSPS) is 22.1. The fourth-order valence-electron chi connectivity index (χ4n) is 3.58. The zero-order valence-electron chi connectivity index (χ0n) is 15.1. The molecule has 1 aromatic heterocycles. The molecule has 0 aromatic carbocycles. The molecule has 0 bridgehead atoms. The summed E-state index contributed by atoms with van der Waals surface area (Å²) in [5.74, 6) is 2.68. The molecule has 1 unspecified atom stereocenters. The molecule has 1 fully saturated rings. The maximum atomic E-state index is 4.49. The summed E-state index contributed by atoms with van der Waals surface area (Å²) in [5.41, 5.74) is 0. The van der Waals surface area contributed by atoms with Crippen molar-refractivity contribution in [2.24, 2.45) is 10.9 Å². The number of likely N-dealkylation sites (tertiary alicyclic amines) is 1. The van der Waals surface area contributed by atoms with Gasteiger partial charge in [0.15, 0.2) is 5.96 Å². The van der Waals surface area contributed by atoms with Gasteiger partial charge in [0, 0.05) is 58.2 Å². The van der Waals surface area contributed by atoms with Crippen LogP contribution in [0.25, 0.3) is 0 Å². The smallest absolute Gasteiger partial charge is 0.194 e. The number of hydrogen-bond donors (Lipinski definition) is 1. The average Bonchev–Trinajstić information content (AvgIpc) is 3.28. The van der Waals surface area contributed by atoms with Crippen LogP contribution >= 0.6 is 0 Å². The van der Waals surface area contributed by atoms with Crippen LogP contribution in [0, 0.1) is 5.92 Å². The van der Waals surface area contributed by atoms with E-state index in [1.165, 1.54) is 6.42 Å². The standard InChI is InChI=1S/C18H30N6/c1-15(2)13-23-11-7-20-17(23)12-21-18(19-3)24-10-6-16(14-24)22-8-4-5-9-22/h4-5,7,11,15-16H,6,8-10,12-14H2,1-3H3,(H,19,21). The molecule has 0 amide bonds. The molecule has 132 valence electrons. The number of nitrogens with one attached hydrogen (secondary N) is 1. The Labute approximate surface area is 145 Å². The second-order valence-corrected chi connectivity index (χ2v) is 7.10. The van der Waals surface area contributed by atoms with E-state index in [1.807, 2.05) is 13.2 Å². The van der Waals surface area contributed by atoms with E-state index in [-0.39, 0.29) is 0 Å². The lowest BCUT2D eigenvalue weighted by atomic mass is 10.2. The van der Waals surface area contributed by atoms with E-state index in [9.17, 15) is 0 Å². The molecule has 2 aliphatic heterocycles. The van der Waals surface area contributed by atoms with Crippen molar-refractivity contribution >= 4 is 5.96 Å². The van der Waals surface area contributed by atoms with Gasteiger partial charge < -0.3 is 14.8 Å². The highest BCUT2D eigenvalue weighted by molar-refractivity contribution is 5.80. The third-order valence-electron chi connectivity index (χ3n) is 4.81. The van der Waals surface area contributed by atoms with Crippen LogP contribution < -0.4 is 5.32 Å². The molecule has 3 heterocycles. The summed E-state index contributed by atoms with van der Waals surface area (Å²) in [6.45, 7) is 10.5. The SMILES string of the molecule is CN=C(NCc1nccn1CC(C)C)N1CCC(N2CC=CC2)C1. The molecular formula is C18H30N6. The number of aliphatic imine (C=N–C) groups is 1. The fourth-order valence-corrected chi connectivity index (χ4v) is 3.58. The molecule has 3 rings (SSSR count). The Bertz CT molecular complexity index is 580. The molecular weight excluding hydrogens is 300 g/mol. The Kier molecular flexibility index (Phi) is 5.56. The first kappa shape index (κ1) is 17.0. The molecule has 0 spiro atoms. The molecule has 1 atom stereocenters. The van der Waals surface area contributed by atoms with Crippen molar-refractivity contribution in [1.29, 1.82) is 0 Å².